The van der Waals surface area contributed by atoms with Crippen LogP contribution >= 0.6 is 47.8 Å². The minimum Gasteiger partial charge on any atom is -0.299 e. The van der Waals surface area contributed by atoms with Gasteiger partial charge in [-0.25, -0.2) is 0 Å². The Morgan fingerprint density at radius 2 is 1.16 bits per heavy atom. The van der Waals surface area contributed by atoms with Crippen LogP contribution in [-0.4, -0.2) is 61.0 Å². The number of aromatic nitrogens is 2. The van der Waals surface area contributed by atoms with Crippen LogP contribution in [0.5, 0.6) is 0 Å². The highest BCUT2D eigenvalue weighted by atomic mass is 79.9. The summed E-state index contributed by atoms with van der Waals surface area (Å²) in [5.74, 6) is 8.72. The maximum absolute atomic E-state index is 4.94. The molecule has 2 aromatic heterocycles. The first-order chi connectivity index (χ1) is 14.4. The number of terminal acetylenes is 1. The van der Waals surface area contributed by atoms with Crippen molar-refractivity contribution in [3.05, 3.63) is 53.9 Å². The van der Waals surface area contributed by atoms with Gasteiger partial charge in [0.05, 0.1) is 35.9 Å². The summed E-state index contributed by atoms with van der Waals surface area (Å²) in [7, 11) is 7.90. The number of rotatable bonds is 2. The topological polar surface area (TPSA) is 32.3 Å². The van der Waals surface area contributed by atoms with E-state index in [9.17, 15) is 0 Å². The molecule has 0 radical (unpaired) electrons. The predicted molar refractivity (Wildman–Crippen MR) is 143 cm³/mol. The second kappa shape index (κ2) is 15.6. The highest BCUT2D eigenvalue weighted by molar-refractivity contribution is 9.11. The maximum atomic E-state index is 4.94. The SMILES string of the molecule is C#CCN(C)C.Cc1nc(C)c(Br)cc1Br.Cc1nc(C)c(C#CCN(C)C)cc1Br. The van der Waals surface area contributed by atoms with Crippen LogP contribution in [0.3, 0.4) is 0 Å². The molecule has 0 aliphatic heterocycles. The molecule has 168 valence electrons. The maximum Gasteiger partial charge on any atom is 0.0600 e. The minimum absolute atomic E-state index is 0.736. The van der Waals surface area contributed by atoms with E-state index in [4.69, 9.17) is 6.42 Å². The van der Waals surface area contributed by atoms with Gasteiger partial charge in [-0.05, 0) is 116 Å². The summed E-state index contributed by atoms with van der Waals surface area (Å²) in [5.41, 5.74) is 5.04. The van der Waals surface area contributed by atoms with Gasteiger partial charge in [-0.2, -0.15) is 0 Å². The fraction of sp³-hybridized carbons (Fsp3) is 0.417. The smallest absolute Gasteiger partial charge is 0.0600 e. The first kappa shape index (κ1) is 29.8. The van der Waals surface area contributed by atoms with Gasteiger partial charge in [0.1, 0.15) is 0 Å². The molecule has 2 rings (SSSR count). The van der Waals surface area contributed by atoms with Gasteiger partial charge in [-0.3, -0.25) is 19.8 Å². The van der Waals surface area contributed by atoms with Crippen molar-refractivity contribution in [3.8, 4) is 24.2 Å². The van der Waals surface area contributed by atoms with Gasteiger partial charge in [0.2, 0.25) is 0 Å². The molecule has 0 spiro atoms. The Hall–Kier alpha value is -1.22. The summed E-state index contributed by atoms with van der Waals surface area (Å²) in [6.45, 7) is 9.42. The molecule has 0 bridgehead atoms. The lowest BCUT2D eigenvalue weighted by Crippen LogP contribution is -2.10. The number of hydrogen-bond donors (Lipinski definition) is 0. The molecule has 0 atom stereocenters. The average Bonchev–Trinajstić information content (AvgIpc) is 2.65. The quantitative estimate of drug-likeness (QED) is 0.402. The Morgan fingerprint density at radius 3 is 1.52 bits per heavy atom. The number of aryl methyl sites for hydroxylation is 4. The summed E-state index contributed by atoms with van der Waals surface area (Å²) < 4.78 is 3.11. The van der Waals surface area contributed by atoms with Gasteiger partial charge in [0, 0.05) is 19.0 Å². The van der Waals surface area contributed by atoms with Crippen LogP contribution in [0.1, 0.15) is 28.3 Å². The van der Waals surface area contributed by atoms with Crippen molar-refractivity contribution < 1.29 is 0 Å². The molecule has 0 aliphatic carbocycles. The summed E-state index contributed by atoms with van der Waals surface area (Å²) in [6.07, 6.45) is 4.94. The normalized spacial score (nSPS) is 9.68. The molecule has 4 nitrogen and oxygen atoms in total. The van der Waals surface area contributed by atoms with E-state index >= 15 is 0 Å². The highest BCUT2D eigenvalue weighted by Crippen LogP contribution is 2.21. The van der Waals surface area contributed by atoms with Crippen LogP contribution in [0, 0.1) is 51.9 Å². The summed E-state index contributed by atoms with van der Waals surface area (Å²) >= 11 is 10.2. The van der Waals surface area contributed by atoms with E-state index in [1.807, 2.05) is 77.8 Å². The van der Waals surface area contributed by atoms with Crippen LogP contribution in [-0.2, 0) is 0 Å². The zero-order valence-corrected chi connectivity index (χ0v) is 24.3. The molecule has 0 saturated heterocycles. The molecule has 31 heavy (non-hydrogen) atoms. The van der Waals surface area contributed by atoms with Gasteiger partial charge in [0.25, 0.3) is 0 Å². The van der Waals surface area contributed by atoms with Crippen LogP contribution in [0.2, 0.25) is 0 Å². The average molecular weight is 615 g/mol. The number of halogens is 3. The van der Waals surface area contributed by atoms with Crippen LogP contribution in [0.25, 0.3) is 0 Å². The summed E-state index contributed by atoms with van der Waals surface area (Å²) in [6, 6.07) is 4.04. The van der Waals surface area contributed by atoms with Gasteiger partial charge in [0.15, 0.2) is 0 Å². The summed E-state index contributed by atoms with van der Waals surface area (Å²) in [5, 5.41) is 0. The van der Waals surface area contributed by atoms with Crippen molar-refractivity contribution in [2.45, 2.75) is 27.7 Å². The van der Waals surface area contributed by atoms with E-state index in [0.717, 1.165) is 54.8 Å². The molecule has 2 aromatic rings. The Labute approximate surface area is 213 Å². The molecule has 0 N–H and O–H groups in total. The van der Waals surface area contributed by atoms with Crippen molar-refractivity contribution in [1.82, 2.24) is 19.8 Å². The first-order valence-electron chi connectivity index (χ1n) is 9.53. The van der Waals surface area contributed by atoms with Crippen molar-refractivity contribution >= 4 is 47.8 Å². The first-order valence-corrected chi connectivity index (χ1v) is 11.9. The third kappa shape index (κ3) is 13.0. The molecule has 0 aromatic carbocycles. The molecular formula is C24H31Br3N4. The van der Waals surface area contributed by atoms with E-state index in [0.29, 0.717) is 0 Å². The van der Waals surface area contributed by atoms with E-state index < -0.39 is 0 Å². The monoisotopic (exact) mass is 612 g/mol. The lowest BCUT2D eigenvalue weighted by atomic mass is 10.2. The fourth-order valence-electron chi connectivity index (χ4n) is 1.98. The van der Waals surface area contributed by atoms with Crippen LogP contribution in [0.15, 0.2) is 25.6 Å². The fourth-order valence-corrected chi connectivity index (χ4v) is 3.24. The van der Waals surface area contributed by atoms with Gasteiger partial charge < -0.3 is 0 Å². The molecule has 0 amide bonds. The van der Waals surface area contributed by atoms with Crippen molar-refractivity contribution in [2.24, 2.45) is 0 Å². The molecular weight excluding hydrogens is 584 g/mol. The highest BCUT2D eigenvalue weighted by Gasteiger charge is 2.01. The summed E-state index contributed by atoms with van der Waals surface area (Å²) in [4.78, 5) is 12.7. The van der Waals surface area contributed by atoms with Gasteiger partial charge in [-0.15, -0.1) is 6.42 Å². The third-order valence-corrected chi connectivity index (χ3v) is 6.06. The Kier molecular flexibility index (Phi) is 14.9. The Bertz CT molecular complexity index is 902. The second-order valence-corrected chi connectivity index (χ2v) is 9.86. The number of pyridine rings is 2. The van der Waals surface area contributed by atoms with Crippen LogP contribution in [0.4, 0.5) is 0 Å². The minimum atomic E-state index is 0.736. The second-order valence-electron chi connectivity index (χ2n) is 7.29. The van der Waals surface area contributed by atoms with E-state index in [-0.39, 0.29) is 0 Å². The Morgan fingerprint density at radius 1 is 0.742 bits per heavy atom. The number of nitrogens with zero attached hydrogens (tertiary/aromatic N) is 4. The standard InChI is InChI=1S/C12H15BrN2.C7H7Br2N.C5H9N/c1-9-11(6-5-7-15(3)4)8-12(13)10(2)14-9;1-4-6(8)3-7(9)5(2)10-4;1-4-5-6(2)3/h8H,7H2,1-4H3;3H,1-2H3;1H,5H2,2-3H3. The van der Waals surface area contributed by atoms with Gasteiger partial charge in [-0.1, -0.05) is 17.8 Å². The molecule has 0 aliphatic rings. The Balaban J connectivity index is 0.000000484. The van der Waals surface area contributed by atoms with Crippen molar-refractivity contribution in [1.29, 1.82) is 0 Å². The van der Waals surface area contributed by atoms with E-state index in [1.165, 1.54) is 0 Å². The van der Waals surface area contributed by atoms with Crippen molar-refractivity contribution in [2.75, 3.05) is 41.3 Å². The molecule has 0 saturated carbocycles. The zero-order valence-electron chi connectivity index (χ0n) is 19.6. The van der Waals surface area contributed by atoms with Crippen LogP contribution < -0.4 is 0 Å². The zero-order chi connectivity index (χ0) is 24.1. The predicted octanol–water partition coefficient (Wildman–Crippen LogP) is 5.78. The van der Waals surface area contributed by atoms with Crippen molar-refractivity contribution in [3.63, 3.8) is 0 Å². The lowest BCUT2D eigenvalue weighted by Gasteiger charge is -2.03. The molecule has 0 unspecified atom stereocenters. The third-order valence-electron chi connectivity index (χ3n) is 3.65. The molecule has 2 heterocycles. The van der Waals surface area contributed by atoms with Gasteiger partial charge >= 0.3 is 0 Å². The lowest BCUT2D eigenvalue weighted by molar-refractivity contribution is 0.464. The largest absolute Gasteiger partial charge is 0.299 e. The van der Waals surface area contributed by atoms with E-state index in [1.54, 1.807) is 0 Å². The number of hydrogen-bond acceptors (Lipinski definition) is 4. The van der Waals surface area contributed by atoms with E-state index in [2.05, 4.69) is 75.5 Å². The molecule has 7 heteroatoms. The molecule has 0 fully saturated rings.